The molecule has 18 heavy (non-hydrogen) atoms. The first-order chi connectivity index (χ1) is 8.49. The van der Waals surface area contributed by atoms with Gasteiger partial charge in [-0.15, -0.1) is 0 Å². The van der Waals surface area contributed by atoms with E-state index in [0.29, 0.717) is 5.75 Å². The predicted octanol–water partition coefficient (Wildman–Crippen LogP) is 2.89. The van der Waals surface area contributed by atoms with Crippen LogP contribution in [0, 0.1) is 5.92 Å². The van der Waals surface area contributed by atoms with Gasteiger partial charge in [-0.1, -0.05) is 32.0 Å². The summed E-state index contributed by atoms with van der Waals surface area (Å²) < 4.78 is 4.91. The number of carbonyl (C=O) groups is 1. The van der Waals surface area contributed by atoms with Gasteiger partial charge in [0.2, 0.25) is 0 Å². The molecule has 0 aliphatic rings. The van der Waals surface area contributed by atoms with Crippen molar-refractivity contribution in [3.63, 3.8) is 0 Å². The quantitative estimate of drug-likeness (QED) is 0.490. The van der Waals surface area contributed by atoms with E-state index in [9.17, 15) is 9.90 Å². The molecule has 0 aromatic heterocycles. The number of rotatable bonds is 3. The van der Waals surface area contributed by atoms with Crippen molar-refractivity contribution in [2.45, 2.75) is 13.8 Å². The summed E-state index contributed by atoms with van der Waals surface area (Å²) in [5, 5.41) is 9.45. The lowest BCUT2D eigenvalue weighted by Gasteiger charge is -2.03. The molecule has 0 bridgehead atoms. The number of allylic oxidation sites excluding steroid dienone is 1. The van der Waals surface area contributed by atoms with Gasteiger partial charge in [-0.3, -0.25) is 0 Å². The molecule has 0 saturated carbocycles. The number of amidine groups is 1. The Morgan fingerprint density at radius 3 is 2.61 bits per heavy atom. The normalized spacial score (nSPS) is 12.6. The number of carbonyl (C=O) groups excluding carboxylic acids is 1. The van der Waals surface area contributed by atoms with Crippen molar-refractivity contribution in [1.82, 2.24) is 0 Å². The van der Waals surface area contributed by atoms with Crippen molar-refractivity contribution in [3.8, 4) is 5.75 Å². The largest absolute Gasteiger partial charge is 0.512 e. The maximum atomic E-state index is 11.4. The van der Waals surface area contributed by atoms with Gasteiger partial charge in [0.1, 0.15) is 11.6 Å². The van der Waals surface area contributed by atoms with E-state index in [0.717, 1.165) is 0 Å². The average Bonchev–Trinajstić information content (AvgIpc) is 2.29. The maximum Gasteiger partial charge on any atom is 0.441 e. The summed E-state index contributed by atoms with van der Waals surface area (Å²) in [5.74, 6) is 0.269. The molecule has 1 aromatic carbocycles. The van der Waals surface area contributed by atoms with Crippen LogP contribution in [0.3, 0.4) is 0 Å². The lowest BCUT2D eigenvalue weighted by atomic mass is 10.1. The van der Waals surface area contributed by atoms with Crippen molar-refractivity contribution < 1.29 is 16.1 Å². The summed E-state index contributed by atoms with van der Waals surface area (Å²) in [6.45, 7) is 3.59. The Morgan fingerprint density at radius 1 is 1.44 bits per heavy atom. The van der Waals surface area contributed by atoms with E-state index in [4.69, 9.17) is 10.5 Å². The highest BCUT2D eigenvalue weighted by molar-refractivity contribution is 5.98. The first kappa shape index (κ1) is 13.8. The topological polar surface area (TPSA) is 84.9 Å². The minimum atomic E-state index is -0.827. The van der Waals surface area contributed by atoms with Gasteiger partial charge < -0.3 is 15.6 Å². The Labute approximate surface area is 107 Å². The Hall–Kier alpha value is -2.30. The minimum absolute atomic E-state index is 0. The fraction of sp³-hybridized carbons (Fsp3) is 0.231. The molecule has 0 aliphatic heterocycles. The number of aliphatic hydroxyl groups is 1. The number of para-hydroxylation sites is 1. The molecule has 98 valence electrons. The Kier molecular flexibility index (Phi) is 4.92. The summed E-state index contributed by atoms with van der Waals surface area (Å²) in [4.78, 5) is 14.9. The molecule has 1 rings (SSSR count). The molecule has 5 heteroatoms. The number of benzene rings is 1. The van der Waals surface area contributed by atoms with E-state index in [1.807, 2.05) is 0 Å². The molecule has 0 saturated heterocycles. The molecule has 3 N–H and O–H groups in total. The van der Waals surface area contributed by atoms with E-state index < -0.39 is 6.09 Å². The van der Waals surface area contributed by atoms with E-state index in [1.165, 1.54) is 6.08 Å². The molecule has 0 radical (unpaired) electrons. The van der Waals surface area contributed by atoms with Gasteiger partial charge in [-0.25, -0.2) is 4.79 Å². The van der Waals surface area contributed by atoms with Crippen molar-refractivity contribution in [1.29, 1.82) is 0 Å². The van der Waals surface area contributed by atoms with Crippen LogP contribution in [0.1, 0.15) is 15.3 Å². The van der Waals surface area contributed by atoms with Crippen LogP contribution in [0.25, 0.3) is 0 Å². The molecule has 0 atom stereocenters. The third kappa shape index (κ3) is 4.69. The number of nitrogens with two attached hydrogens (primary N) is 1. The second-order valence-corrected chi connectivity index (χ2v) is 3.94. The van der Waals surface area contributed by atoms with Gasteiger partial charge in [0.15, 0.2) is 0 Å². The van der Waals surface area contributed by atoms with E-state index in [-0.39, 0.29) is 18.9 Å². The van der Waals surface area contributed by atoms with Crippen molar-refractivity contribution >= 4 is 11.9 Å². The summed E-state index contributed by atoms with van der Waals surface area (Å²) in [5.41, 5.74) is 5.48. The van der Waals surface area contributed by atoms with Crippen LogP contribution in [0.5, 0.6) is 5.75 Å². The third-order valence-electron chi connectivity index (χ3n) is 2.06. The number of ether oxygens (including phenoxy) is 1. The van der Waals surface area contributed by atoms with Crippen LogP contribution < -0.4 is 10.5 Å². The van der Waals surface area contributed by atoms with Crippen molar-refractivity contribution in [3.05, 3.63) is 42.2 Å². The highest BCUT2D eigenvalue weighted by Crippen LogP contribution is 2.09. The summed E-state index contributed by atoms with van der Waals surface area (Å²) in [6, 6.07) is 8.54. The average molecular weight is 250 g/mol. The molecule has 0 heterocycles. The second-order valence-electron chi connectivity index (χ2n) is 3.94. The molecule has 0 aliphatic carbocycles. The van der Waals surface area contributed by atoms with Gasteiger partial charge in [0.25, 0.3) is 0 Å². The first-order valence-electron chi connectivity index (χ1n) is 5.50. The molecule has 0 unspecified atom stereocenters. The minimum Gasteiger partial charge on any atom is -0.512 e. The third-order valence-corrected chi connectivity index (χ3v) is 2.06. The number of nitrogens with zero attached hydrogens (tertiary/aromatic N) is 1. The van der Waals surface area contributed by atoms with Gasteiger partial charge in [0.05, 0.1) is 5.76 Å². The van der Waals surface area contributed by atoms with Gasteiger partial charge >= 0.3 is 6.09 Å². The second kappa shape index (κ2) is 6.44. The lowest BCUT2D eigenvalue weighted by molar-refractivity contribution is 0.211. The van der Waals surface area contributed by atoms with Crippen LogP contribution in [0.4, 0.5) is 4.79 Å². The summed E-state index contributed by atoms with van der Waals surface area (Å²) in [7, 11) is 0. The molecule has 0 spiro atoms. The number of amides is 1. The molecule has 1 amide bonds. The zero-order valence-electron chi connectivity index (χ0n) is 10.3. The first-order valence-corrected chi connectivity index (χ1v) is 5.50. The van der Waals surface area contributed by atoms with Crippen LogP contribution >= 0.6 is 0 Å². The molecular formula is C13H18N2O3. The zero-order valence-corrected chi connectivity index (χ0v) is 10.3. The fourth-order valence-corrected chi connectivity index (χ4v) is 1.07. The summed E-state index contributed by atoms with van der Waals surface area (Å²) in [6.07, 6.45) is 0.406. The Morgan fingerprint density at radius 2 is 2.06 bits per heavy atom. The predicted molar refractivity (Wildman–Crippen MR) is 71.8 cm³/mol. The fourth-order valence-electron chi connectivity index (χ4n) is 1.07. The molecule has 5 nitrogen and oxygen atoms in total. The Bertz CT molecular complexity index is 470. The smallest absolute Gasteiger partial charge is 0.441 e. The van der Waals surface area contributed by atoms with E-state index >= 15 is 0 Å². The molecule has 0 fully saturated rings. The molecular weight excluding hydrogens is 232 g/mol. The highest BCUT2D eigenvalue weighted by atomic mass is 16.5. The van der Waals surface area contributed by atoms with Gasteiger partial charge in [0, 0.05) is 13.4 Å². The van der Waals surface area contributed by atoms with E-state index in [2.05, 4.69) is 4.99 Å². The lowest BCUT2D eigenvalue weighted by Crippen LogP contribution is -2.15. The van der Waals surface area contributed by atoms with E-state index in [1.54, 1.807) is 44.2 Å². The van der Waals surface area contributed by atoms with Crippen molar-refractivity contribution in [2.75, 3.05) is 0 Å². The SMILES string of the molecule is CC(C)/C(O)=C/C(N)=N\C(=O)Oc1ccccc1.[HH]. The van der Waals surface area contributed by atoms with Crippen LogP contribution in [-0.4, -0.2) is 17.0 Å². The summed E-state index contributed by atoms with van der Waals surface area (Å²) >= 11 is 0. The zero-order chi connectivity index (χ0) is 13.5. The molecule has 1 aromatic rings. The number of hydrogen-bond acceptors (Lipinski definition) is 3. The van der Waals surface area contributed by atoms with Gasteiger partial charge in [-0.05, 0) is 12.1 Å². The number of aliphatic imine (C=N–C) groups is 1. The number of hydrogen-bond donors (Lipinski definition) is 2. The standard InChI is InChI=1S/C13H16N2O3.H2/c1-9(2)11(16)8-12(14)15-13(17)18-10-6-4-3-5-7-10;/h3-9,16H,1-2H3,(H2,14,15,17);1H/b11-8-;. The Balaban J connectivity index is 0.00000324. The number of aliphatic hydroxyl groups excluding tert-OH is 1. The van der Waals surface area contributed by atoms with Crippen molar-refractivity contribution in [2.24, 2.45) is 16.6 Å². The van der Waals surface area contributed by atoms with Crippen LogP contribution in [0.2, 0.25) is 0 Å². The maximum absolute atomic E-state index is 11.4. The van der Waals surface area contributed by atoms with Gasteiger partial charge in [-0.2, -0.15) is 4.99 Å². The highest BCUT2D eigenvalue weighted by Gasteiger charge is 2.04. The van der Waals surface area contributed by atoms with Crippen LogP contribution in [-0.2, 0) is 0 Å². The van der Waals surface area contributed by atoms with Crippen LogP contribution in [0.15, 0.2) is 47.2 Å². The monoisotopic (exact) mass is 250 g/mol.